The summed E-state index contributed by atoms with van der Waals surface area (Å²) >= 11 is 0. The Morgan fingerprint density at radius 2 is 1.43 bits per heavy atom. The van der Waals surface area contributed by atoms with E-state index in [2.05, 4.69) is 36.4 Å². The van der Waals surface area contributed by atoms with Crippen molar-refractivity contribution in [3.05, 3.63) is 71.8 Å². The van der Waals surface area contributed by atoms with E-state index in [1.807, 2.05) is 24.3 Å². The smallest absolute Gasteiger partial charge is 0.0175 e. The largest absolute Gasteiger partial charge is 0.0622 e. The lowest BCUT2D eigenvalue weighted by Gasteiger charge is -2.00. The van der Waals surface area contributed by atoms with Gasteiger partial charge in [-0.15, -0.1) is 0 Å². The molecule has 0 atom stereocenters. The third-order valence-electron chi connectivity index (χ3n) is 2.25. The van der Waals surface area contributed by atoms with E-state index in [-0.39, 0.29) is 0 Å². The molecule has 2 rings (SSSR count). The number of hydrogen-bond donors (Lipinski definition) is 0. The van der Waals surface area contributed by atoms with E-state index >= 15 is 0 Å². The molecule has 0 unspecified atom stereocenters. The molecule has 0 N–H and O–H groups in total. The first-order valence-corrected chi connectivity index (χ1v) is 4.85. The minimum Gasteiger partial charge on any atom is -0.0622 e. The zero-order valence-electron chi connectivity index (χ0n) is 8.03. The molecule has 0 heteroatoms. The Labute approximate surface area is 85.2 Å². The van der Waals surface area contributed by atoms with Crippen molar-refractivity contribution in [2.24, 2.45) is 0 Å². The quantitative estimate of drug-likeness (QED) is 0.681. The lowest BCUT2D eigenvalue weighted by Crippen LogP contribution is -1.90. The normalized spacial score (nSPS) is 10.0. The summed E-state index contributed by atoms with van der Waals surface area (Å²) in [5.74, 6) is 0. The van der Waals surface area contributed by atoms with Crippen LogP contribution in [-0.2, 0) is 12.8 Å². The predicted octanol–water partition coefficient (Wildman–Crippen LogP) is 3.07. The van der Waals surface area contributed by atoms with Crippen LogP contribution in [0.3, 0.4) is 0 Å². The van der Waals surface area contributed by atoms with Crippen molar-refractivity contribution in [2.45, 2.75) is 12.8 Å². The molecular formula is C14H12. The second kappa shape index (κ2) is 4.61. The number of hydrogen-bond acceptors (Lipinski definition) is 0. The van der Waals surface area contributed by atoms with E-state index in [4.69, 9.17) is 0 Å². The van der Waals surface area contributed by atoms with Gasteiger partial charge in [-0.05, 0) is 42.2 Å². The molecule has 14 heavy (non-hydrogen) atoms. The number of aryl methyl sites for hydroxylation is 2. The number of rotatable bonds is 3. The average Bonchev–Trinajstić information content (AvgIpc) is 2.29. The fourth-order valence-electron chi connectivity index (χ4n) is 1.46. The molecule has 2 aromatic rings. The van der Waals surface area contributed by atoms with Crippen LogP contribution in [0.2, 0.25) is 0 Å². The predicted molar refractivity (Wildman–Crippen MR) is 58.0 cm³/mol. The van der Waals surface area contributed by atoms with Gasteiger partial charge in [0.1, 0.15) is 0 Å². The van der Waals surface area contributed by atoms with E-state index in [1.54, 1.807) is 0 Å². The Hall–Kier alpha value is -1.56. The van der Waals surface area contributed by atoms with E-state index < -0.39 is 0 Å². The lowest BCUT2D eigenvalue weighted by atomic mass is 10.0. The van der Waals surface area contributed by atoms with Crippen molar-refractivity contribution in [1.82, 2.24) is 0 Å². The van der Waals surface area contributed by atoms with Crippen molar-refractivity contribution < 1.29 is 0 Å². The highest BCUT2D eigenvalue weighted by atomic mass is 14.0. The summed E-state index contributed by atoms with van der Waals surface area (Å²) in [5.41, 5.74) is 2.69. The highest BCUT2D eigenvalue weighted by Crippen LogP contribution is 2.05. The SMILES string of the molecule is [c]1c[c]cc(CCc2ccccc2)c1. The first kappa shape index (κ1) is 9.01. The van der Waals surface area contributed by atoms with Crippen LogP contribution in [0.25, 0.3) is 0 Å². The molecule has 0 saturated heterocycles. The highest BCUT2D eigenvalue weighted by Gasteiger charge is 1.93. The van der Waals surface area contributed by atoms with Crippen LogP contribution in [0.1, 0.15) is 11.1 Å². The van der Waals surface area contributed by atoms with Crippen molar-refractivity contribution in [3.63, 3.8) is 0 Å². The Balaban J connectivity index is 1.96. The van der Waals surface area contributed by atoms with E-state index in [0.717, 1.165) is 12.8 Å². The maximum atomic E-state index is 3.04. The van der Waals surface area contributed by atoms with Gasteiger partial charge in [-0.3, -0.25) is 0 Å². The van der Waals surface area contributed by atoms with Gasteiger partial charge in [-0.2, -0.15) is 0 Å². The van der Waals surface area contributed by atoms with Gasteiger partial charge in [0.15, 0.2) is 0 Å². The summed E-state index contributed by atoms with van der Waals surface area (Å²) in [6.45, 7) is 0. The first-order valence-electron chi connectivity index (χ1n) is 4.85. The van der Waals surface area contributed by atoms with Gasteiger partial charge < -0.3 is 0 Å². The summed E-state index contributed by atoms with van der Waals surface area (Å²) in [5, 5.41) is 0. The van der Waals surface area contributed by atoms with E-state index in [9.17, 15) is 0 Å². The summed E-state index contributed by atoms with van der Waals surface area (Å²) < 4.78 is 0. The Morgan fingerprint density at radius 3 is 2.14 bits per heavy atom. The van der Waals surface area contributed by atoms with Crippen molar-refractivity contribution in [3.8, 4) is 0 Å². The van der Waals surface area contributed by atoms with Crippen LogP contribution in [0, 0.1) is 12.1 Å². The molecule has 0 aromatic heterocycles. The van der Waals surface area contributed by atoms with Crippen LogP contribution in [-0.4, -0.2) is 0 Å². The van der Waals surface area contributed by atoms with Crippen molar-refractivity contribution in [1.29, 1.82) is 0 Å². The van der Waals surface area contributed by atoms with Crippen LogP contribution in [0.4, 0.5) is 0 Å². The summed E-state index contributed by atoms with van der Waals surface area (Å²) in [6.07, 6.45) is 2.16. The molecule has 2 radical (unpaired) electrons. The Bertz CT molecular complexity index is 322. The minimum absolute atomic E-state index is 1.07. The molecule has 0 heterocycles. The summed E-state index contributed by atoms with van der Waals surface area (Å²) in [6, 6.07) is 22.5. The minimum atomic E-state index is 1.07. The van der Waals surface area contributed by atoms with Gasteiger partial charge in [0.2, 0.25) is 0 Å². The standard InChI is InChI=1S/C14H12/c1-3-7-13(8-4-1)11-12-14-9-5-2-6-10-14/h1-4,7-10H,11-12H2. The molecule has 68 valence electrons. The van der Waals surface area contributed by atoms with Gasteiger partial charge in [0, 0.05) is 0 Å². The first-order chi connectivity index (χ1) is 6.95. The van der Waals surface area contributed by atoms with E-state index in [0.29, 0.717) is 0 Å². The molecule has 0 fully saturated rings. The van der Waals surface area contributed by atoms with Gasteiger partial charge in [0.05, 0.1) is 0 Å². The third-order valence-corrected chi connectivity index (χ3v) is 2.25. The zero-order valence-corrected chi connectivity index (χ0v) is 8.03. The van der Waals surface area contributed by atoms with Crippen LogP contribution in [0.15, 0.2) is 48.5 Å². The lowest BCUT2D eigenvalue weighted by molar-refractivity contribution is 0.960. The molecular weight excluding hydrogens is 168 g/mol. The molecule has 0 aliphatic carbocycles. The van der Waals surface area contributed by atoms with Crippen LogP contribution >= 0.6 is 0 Å². The van der Waals surface area contributed by atoms with Gasteiger partial charge in [-0.1, -0.05) is 42.5 Å². The van der Waals surface area contributed by atoms with Gasteiger partial charge >= 0.3 is 0 Å². The maximum absolute atomic E-state index is 3.04. The molecule has 0 aliphatic heterocycles. The monoisotopic (exact) mass is 180 g/mol. The molecule has 0 saturated carbocycles. The topological polar surface area (TPSA) is 0 Å². The number of benzene rings is 2. The van der Waals surface area contributed by atoms with Gasteiger partial charge in [-0.25, -0.2) is 0 Å². The second-order valence-corrected chi connectivity index (χ2v) is 3.33. The molecule has 2 aromatic carbocycles. The third kappa shape index (κ3) is 2.46. The fourth-order valence-corrected chi connectivity index (χ4v) is 1.46. The Morgan fingerprint density at radius 1 is 0.786 bits per heavy atom. The van der Waals surface area contributed by atoms with Crippen LogP contribution < -0.4 is 0 Å². The fraction of sp³-hybridized carbons (Fsp3) is 0.143. The molecule has 0 aliphatic rings. The second-order valence-electron chi connectivity index (χ2n) is 3.33. The summed E-state index contributed by atoms with van der Waals surface area (Å²) in [4.78, 5) is 0. The van der Waals surface area contributed by atoms with Crippen molar-refractivity contribution in [2.75, 3.05) is 0 Å². The van der Waals surface area contributed by atoms with Gasteiger partial charge in [0.25, 0.3) is 0 Å². The summed E-state index contributed by atoms with van der Waals surface area (Å²) in [7, 11) is 0. The van der Waals surface area contributed by atoms with Crippen LogP contribution in [0.5, 0.6) is 0 Å². The van der Waals surface area contributed by atoms with E-state index in [1.165, 1.54) is 11.1 Å². The maximum Gasteiger partial charge on any atom is -0.0175 e. The molecule has 0 spiro atoms. The highest BCUT2D eigenvalue weighted by molar-refractivity contribution is 5.19. The average molecular weight is 180 g/mol. The van der Waals surface area contributed by atoms with Crippen molar-refractivity contribution >= 4 is 0 Å². The zero-order chi connectivity index (χ0) is 9.64. The Kier molecular flexibility index (Phi) is 2.97. The molecule has 0 nitrogen and oxygen atoms in total. The molecule has 0 bridgehead atoms. The molecule has 0 amide bonds.